The Morgan fingerprint density at radius 1 is 1.03 bits per heavy atom. The highest BCUT2D eigenvalue weighted by Crippen LogP contribution is 2.72. The van der Waals surface area contributed by atoms with E-state index in [4.69, 9.17) is 10.5 Å². The van der Waals surface area contributed by atoms with E-state index < -0.39 is 53.6 Å². The van der Waals surface area contributed by atoms with Crippen molar-refractivity contribution in [2.45, 2.75) is 61.9 Å². The number of imidazole rings is 1. The van der Waals surface area contributed by atoms with Crippen molar-refractivity contribution in [2.75, 3.05) is 12.3 Å². The molecule has 0 amide bonds. The number of aliphatic hydroxyl groups is 2. The number of hydrogen-bond acceptors (Lipinski definition) is 14. The van der Waals surface area contributed by atoms with Gasteiger partial charge in [0.2, 0.25) is 0 Å². The van der Waals surface area contributed by atoms with Gasteiger partial charge in [0.05, 0.1) is 12.9 Å². The quantitative estimate of drug-likeness (QED) is 0.209. The van der Waals surface area contributed by atoms with Crippen molar-refractivity contribution < 1.29 is 56.5 Å². The molecule has 2 aromatic rings. The normalized spacial score (nSPS) is 30.1. The first-order chi connectivity index (χ1) is 17.3. The monoisotopic (exact) mass is 605 g/mol. The number of hydrogen-bond donors (Lipinski definition) is 6. The first-order valence-corrected chi connectivity index (χ1v) is 17.0. The summed E-state index contributed by atoms with van der Waals surface area (Å²) in [5.41, 5.74) is 6.12. The second-order valence-corrected chi connectivity index (χ2v) is 15.6. The van der Waals surface area contributed by atoms with Gasteiger partial charge >= 0.3 is 22.4 Å². The summed E-state index contributed by atoms with van der Waals surface area (Å²) in [4.78, 5) is 41.4. The molecule has 1 saturated heterocycles. The SMILES string of the molecule is Nc1ncnc2c1ncn2C1OC(COP(=O)(O)OP(=O)(O)OP(=O)(O)SC2CCCCC2)C(O)C1O. The van der Waals surface area contributed by atoms with Gasteiger partial charge in [0.1, 0.15) is 30.2 Å². The van der Waals surface area contributed by atoms with E-state index in [0.29, 0.717) is 24.2 Å². The number of rotatable bonds is 10. The van der Waals surface area contributed by atoms with Crippen molar-refractivity contribution in [2.24, 2.45) is 0 Å². The van der Waals surface area contributed by atoms with Gasteiger partial charge in [-0.1, -0.05) is 19.3 Å². The Kier molecular flexibility index (Phi) is 8.83. The van der Waals surface area contributed by atoms with Crippen LogP contribution in [0.5, 0.6) is 0 Å². The third-order valence-corrected chi connectivity index (χ3v) is 12.8. The Hall–Kier alpha value is -0.970. The number of aromatic nitrogens is 4. The van der Waals surface area contributed by atoms with Gasteiger partial charge in [0, 0.05) is 5.25 Å². The average molecular weight is 605 g/mol. The molecule has 7 N–H and O–H groups in total. The molecule has 4 rings (SSSR count). The maximum Gasteiger partial charge on any atom is 0.488 e. The zero-order valence-corrected chi connectivity index (χ0v) is 22.5. The number of anilines is 1. The molecule has 2 fully saturated rings. The third-order valence-electron chi connectivity index (χ3n) is 5.65. The van der Waals surface area contributed by atoms with Crippen LogP contribution in [0, 0.1) is 0 Å². The maximum atomic E-state index is 12.3. The minimum Gasteiger partial charge on any atom is -0.387 e. The van der Waals surface area contributed by atoms with Crippen LogP contribution >= 0.6 is 33.8 Å². The van der Waals surface area contributed by atoms with Crippen molar-refractivity contribution in [1.82, 2.24) is 19.5 Å². The lowest BCUT2D eigenvalue weighted by Gasteiger charge is -2.24. The summed E-state index contributed by atoms with van der Waals surface area (Å²) in [6, 6.07) is 0. The van der Waals surface area contributed by atoms with Gasteiger partial charge in [-0.15, -0.1) is 0 Å². The minimum atomic E-state index is -5.54. The fourth-order valence-corrected chi connectivity index (χ4v) is 10.9. The Morgan fingerprint density at radius 3 is 2.43 bits per heavy atom. The first kappa shape index (κ1) is 29.0. The molecule has 7 atom stereocenters. The summed E-state index contributed by atoms with van der Waals surface area (Å²) in [6.45, 7) is -5.61. The lowest BCUT2D eigenvalue weighted by Crippen LogP contribution is -2.33. The Balaban J connectivity index is 1.35. The van der Waals surface area contributed by atoms with E-state index in [-0.39, 0.29) is 22.2 Å². The van der Waals surface area contributed by atoms with Crippen LogP contribution in [0.1, 0.15) is 38.3 Å². The molecule has 3 heterocycles. The fraction of sp³-hybridized carbons (Fsp3) is 0.688. The molecule has 0 spiro atoms. The Morgan fingerprint density at radius 2 is 1.73 bits per heavy atom. The van der Waals surface area contributed by atoms with Crippen LogP contribution < -0.4 is 5.73 Å². The molecular weight excluding hydrogens is 579 g/mol. The fourth-order valence-electron chi connectivity index (χ4n) is 4.00. The number of nitrogens with zero attached hydrogens (tertiary/aromatic N) is 4. The van der Waals surface area contributed by atoms with Crippen molar-refractivity contribution in [3.05, 3.63) is 12.7 Å². The Labute approximate surface area is 213 Å². The van der Waals surface area contributed by atoms with Crippen molar-refractivity contribution in [1.29, 1.82) is 0 Å². The van der Waals surface area contributed by atoms with E-state index in [9.17, 15) is 38.6 Å². The third kappa shape index (κ3) is 7.17. The van der Waals surface area contributed by atoms with E-state index in [0.717, 1.165) is 25.6 Å². The summed E-state index contributed by atoms with van der Waals surface area (Å²) in [5, 5.41) is 20.5. The molecule has 1 aliphatic heterocycles. The highest BCUT2D eigenvalue weighted by Gasteiger charge is 2.47. The lowest BCUT2D eigenvalue weighted by molar-refractivity contribution is -0.0503. The molecule has 0 radical (unpaired) electrons. The van der Waals surface area contributed by atoms with E-state index in [2.05, 4.69) is 28.1 Å². The predicted molar refractivity (Wildman–Crippen MR) is 128 cm³/mol. The van der Waals surface area contributed by atoms with Gasteiger partial charge in [-0.2, -0.15) is 8.62 Å². The van der Waals surface area contributed by atoms with Crippen LogP contribution in [0.2, 0.25) is 0 Å². The van der Waals surface area contributed by atoms with Crippen molar-refractivity contribution in [3.63, 3.8) is 0 Å². The Bertz CT molecular complexity index is 1260. The maximum absolute atomic E-state index is 12.3. The highest BCUT2D eigenvalue weighted by molar-refractivity contribution is 8.55. The van der Waals surface area contributed by atoms with E-state index in [1.807, 2.05) is 0 Å². The van der Waals surface area contributed by atoms with Crippen LogP contribution in [0.25, 0.3) is 11.2 Å². The molecular formula is C16H26N5O12P3S. The van der Waals surface area contributed by atoms with Crippen LogP contribution in [0.4, 0.5) is 5.82 Å². The molecule has 2 aliphatic rings. The highest BCUT2D eigenvalue weighted by atomic mass is 32.7. The number of aliphatic hydroxyl groups excluding tert-OH is 2. The van der Waals surface area contributed by atoms with Crippen molar-refractivity contribution in [3.8, 4) is 0 Å². The second kappa shape index (κ2) is 11.3. The van der Waals surface area contributed by atoms with E-state index >= 15 is 0 Å². The first-order valence-electron chi connectivity index (χ1n) is 11.0. The second-order valence-electron chi connectivity index (χ2n) is 8.36. The van der Waals surface area contributed by atoms with E-state index in [1.165, 1.54) is 10.9 Å². The van der Waals surface area contributed by atoms with Crippen molar-refractivity contribution >= 4 is 50.8 Å². The van der Waals surface area contributed by atoms with Gasteiger partial charge in [0.25, 0.3) is 0 Å². The number of ether oxygens (including phenoxy) is 1. The summed E-state index contributed by atoms with van der Waals surface area (Å²) < 4.78 is 56.5. The van der Waals surface area contributed by atoms with Gasteiger partial charge < -0.3 is 35.4 Å². The van der Waals surface area contributed by atoms with Gasteiger partial charge in [-0.25, -0.2) is 28.6 Å². The molecule has 2 aromatic heterocycles. The predicted octanol–water partition coefficient (Wildman–Crippen LogP) is 1.44. The molecule has 17 nitrogen and oxygen atoms in total. The molecule has 37 heavy (non-hydrogen) atoms. The molecule has 0 bridgehead atoms. The smallest absolute Gasteiger partial charge is 0.387 e. The van der Waals surface area contributed by atoms with Gasteiger partial charge in [-0.3, -0.25) is 9.09 Å². The largest absolute Gasteiger partial charge is 0.488 e. The topological polar surface area (TPSA) is 259 Å². The summed E-state index contributed by atoms with van der Waals surface area (Å²) in [5.74, 6) is 0.0651. The van der Waals surface area contributed by atoms with Crippen LogP contribution in [-0.2, 0) is 31.6 Å². The van der Waals surface area contributed by atoms with Crippen LogP contribution in [0.3, 0.4) is 0 Å². The van der Waals surface area contributed by atoms with Crippen LogP contribution in [0.15, 0.2) is 12.7 Å². The average Bonchev–Trinajstić information content (AvgIpc) is 3.33. The number of phosphoric acid groups is 2. The minimum absolute atomic E-state index is 0.0651. The summed E-state index contributed by atoms with van der Waals surface area (Å²) in [6.07, 6.45) is 0.372. The zero-order valence-electron chi connectivity index (χ0n) is 19.0. The molecule has 7 unspecified atom stereocenters. The molecule has 21 heteroatoms. The number of phosphoric ester groups is 1. The van der Waals surface area contributed by atoms with Gasteiger partial charge in [0.15, 0.2) is 17.7 Å². The van der Waals surface area contributed by atoms with Crippen LogP contribution in [-0.4, -0.2) is 74.6 Å². The number of nitrogens with two attached hydrogens (primary N) is 1. The number of fused-ring (bicyclic) bond motifs is 1. The molecule has 1 saturated carbocycles. The number of nitrogen functional groups attached to an aromatic ring is 1. The summed E-state index contributed by atoms with van der Waals surface area (Å²) in [7, 11) is -10.9. The molecule has 208 valence electrons. The van der Waals surface area contributed by atoms with E-state index in [1.54, 1.807) is 0 Å². The zero-order chi connectivity index (χ0) is 27.0. The van der Waals surface area contributed by atoms with Gasteiger partial charge in [-0.05, 0) is 24.2 Å². The molecule has 1 aliphatic carbocycles. The molecule has 0 aromatic carbocycles. The lowest BCUT2D eigenvalue weighted by atomic mass is 10.0. The summed E-state index contributed by atoms with van der Waals surface area (Å²) >= 11 is 0.470. The standard InChI is InChI=1S/C16H26N5O12P3S/c17-14-11-15(19-7-18-14)21(8-20-11)16-13(23)12(22)10(31-16)6-30-34(24,25)32-35(26,27)33-36(28,29)37-9-4-2-1-3-5-9/h7-10,12-13,16,22-23H,1-6H2,(H,24,25)(H,26,27)(H,28,29)(H2,17,18,19).